The number of hydrogen-bond donors (Lipinski definition) is 0. The molecule has 94 valence electrons. The summed E-state index contributed by atoms with van der Waals surface area (Å²) < 4.78 is 0.789. The van der Waals surface area contributed by atoms with E-state index >= 15 is 0 Å². The molecule has 0 N–H and O–H groups in total. The minimum atomic E-state index is -0.0862. The van der Waals surface area contributed by atoms with Gasteiger partial charge in [0, 0.05) is 16.0 Å². The van der Waals surface area contributed by atoms with E-state index in [0.29, 0.717) is 5.02 Å². The number of aromatic nitrogens is 2. The fourth-order valence-electron chi connectivity index (χ4n) is 1.55. The molecule has 1 aromatic carbocycles. The van der Waals surface area contributed by atoms with Crippen LogP contribution in [0.3, 0.4) is 0 Å². The Bertz CT molecular complexity index is 576. The lowest BCUT2D eigenvalue weighted by molar-refractivity contribution is 0.544. The van der Waals surface area contributed by atoms with Gasteiger partial charge >= 0.3 is 0 Å². The molecule has 0 saturated heterocycles. The second-order valence-corrected chi connectivity index (χ2v) is 6.41. The number of benzene rings is 1. The lowest BCUT2D eigenvalue weighted by Gasteiger charge is -2.17. The lowest BCUT2D eigenvalue weighted by atomic mass is 9.95. The molecule has 0 spiro atoms. The van der Waals surface area contributed by atoms with Gasteiger partial charge in [-0.15, -0.1) is 0 Å². The zero-order chi connectivity index (χ0) is 13.3. The van der Waals surface area contributed by atoms with Crippen LogP contribution in [0.1, 0.15) is 26.6 Å². The van der Waals surface area contributed by atoms with Gasteiger partial charge in [0.15, 0.2) is 0 Å². The summed E-state index contributed by atoms with van der Waals surface area (Å²) in [6.45, 7) is 6.28. The van der Waals surface area contributed by atoms with Gasteiger partial charge in [-0.05, 0) is 34.1 Å². The number of hydrogen-bond acceptors (Lipinski definition) is 2. The van der Waals surface area contributed by atoms with Crippen LogP contribution in [0.4, 0.5) is 0 Å². The molecular weight excluding hydrogens is 312 g/mol. The fraction of sp³-hybridized carbons (Fsp3) is 0.286. The average molecular weight is 326 g/mol. The monoisotopic (exact) mass is 324 g/mol. The maximum Gasteiger partial charge on any atom is 0.135 e. The van der Waals surface area contributed by atoms with E-state index in [4.69, 9.17) is 11.6 Å². The Hall–Kier alpha value is -0.930. The summed E-state index contributed by atoms with van der Waals surface area (Å²) in [4.78, 5) is 9.04. The summed E-state index contributed by atoms with van der Waals surface area (Å²) in [6.07, 6.45) is 0. The summed E-state index contributed by atoms with van der Waals surface area (Å²) in [6, 6.07) is 9.58. The first-order valence-corrected chi connectivity index (χ1v) is 6.84. The summed E-state index contributed by atoms with van der Waals surface area (Å²) >= 11 is 9.45. The SMILES string of the molecule is CC(C)(C)c1nc(Br)cc(-c2cccc(Cl)c2)n1. The highest BCUT2D eigenvalue weighted by molar-refractivity contribution is 9.10. The van der Waals surface area contributed by atoms with Crippen LogP contribution >= 0.6 is 27.5 Å². The van der Waals surface area contributed by atoms with Crippen LogP contribution in [-0.2, 0) is 5.41 Å². The predicted molar refractivity (Wildman–Crippen MR) is 78.9 cm³/mol. The van der Waals surface area contributed by atoms with Crippen molar-refractivity contribution in [3.8, 4) is 11.3 Å². The van der Waals surface area contributed by atoms with Gasteiger partial charge in [-0.2, -0.15) is 0 Å². The maximum atomic E-state index is 6.01. The molecule has 1 aromatic heterocycles. The van der Waals surface area contributed by atoms with Gasteiger partial charge in [-0.25, -0.2) is 9.97 Å². The van der Waals surface area contributed by atoms with Gasteiger partial charge in [0.1, 0.15) is 10.4 Å². The van der Waals surface area contributed by atoms with Crippen LogP contribution in [0.25, 0.3) is 11.3 Å². The molecule has 2 aromatic rings. The van der Waals surface area contributed by atoms with Crippen LogP contribution in [0.5, 0.6) is 0 Å². The van der Waals surface area contributed by atoms with Gasteiger partial charge in [0.2, 0.25) is 0 Å². The molecule has 0 aliphatic carbocycles. The predicted octanol–water partition coefficient (Wildman–Crippen LogP) is 4.86. The van der Waals surface area contributed by atoms with Crippen molar-refractivity contribution in [1.29, 1.82) is 0 Å². The smallest absolute Gasteiger partial charge is 0.135 e. The van der Waals surface area contributed by atoms with Gasteiger partial charge in [-0.1, -0.05) is 44.5 Å². The Labute approximate surface area is 121 Å². The molecular formula is C14H14BrClN2. The molecule has 0 saturated carbocycles. The largest absolute Gasteiger partial charge is 0.232 e. The third-order valence-electron chi connectivity index (χ3n) is 2.49. The second-order valence-electron chi connectivity index (χ2n) is 5.16. The third-order valence-corrected chi connectivity index (χ3v) is 3.13. The Morgan fingerprint density at radius 2 is 1.83 bits per heavy atom. The van der Waals surface area contributed by atoms with Crippen LogP contribution in [0, 0.1) is 0 Å². The van der Waals surface area contributed by atoms with Gasteiger partial charge < -0.3 is 0 Å². The maximum absolute atomic E-state index is 6.01. The topological polar surface area (TPSA) is 25.8 Å². The standard InChI is InChI=1S/C14H14BrClN2/c1-14(2,3)13-17-11(8-12(15)18-13)9-5-4-6-10(16)7-9/h4-8H,1-3H3. The van der Waals surface area contributed by atoms with Gasteiger partial charge in [0.25, 0.3) is 0 Å². The highest BCUT2D eigenvalue weighted by Crippen LogP contribution is 2.26. The Balaban J connectivity index is 2.55. The van der Waals surface area contributed by atoms with Crippen LogP contribution < -0.4 is 0 Å². The third kappa shape index (κ3) is 3.09. The number of halogens is 2. The van der Waals surface area contributed by atoms with Gasteiger partial charge in [0.05, 0.1) is 5.69 Å². The molecule has 0 atom stereocenters. The first-order valence-electron chi connectivity index (χ1n) is 5.67. The average Bonchev–Trinajstić information content (AvgIpc) is 2.27. The summed E-state index contributed by atoms with van der Waals surface area (Å²) in [5, 5.41) is 0.708. The second kappa shape index (κ2) is 4.98. The van der Waals surface area contributed by atoms with E-state index in [-0.39, 0.29) is 5.41 Å². The van der Waals surface area contributed by atoms with Crippen molar-refractivity contribution >= 4 is 27.5 Å². The van der Waals surface area contributed by atoms with Crippen molar-refractivity contribution in [2.45, 2.75) is 26.2 Å². The normalized spacial score (nSPS) is 11.6. The molecule has 2 rings (SSSR count). The van der Waals surface area contributed by atoms with E-state index < -0.39 is 0 Å². The highest BCUT2D eigenvalue weighted by atomic mass is 79.9. The molecule has 0 radical (unpaired) electrons. The number of nitrogens with zero attached hydrogens (tertiary/aromatic N) is 2. The molecule has 0 aliphatic heterocycles. The molecule has 1 heterocycles. The first-order chi connectivity index (χ1) is 8.36. The zero-order valence-corrected chi connectivity index (χ0v) is 12.9. The van der Waals surface area contributed by atoms with Crippen LogP contribution in [-0.4, -0.2) is 9.97 Å². The van der Waals surface area contributed by atoms with Crippen LogP contribution in [0.15, 0.2) is 34.9 Å². The van der Waals surface area contributed by atoms with E-state index in [1.807, 2.05) is 30.3 Å². The van der Waals surface area contributed by atoms with Crippen molar-refractivity contribution < 1.29 is 0 Å². The minimum Gasteiger partial charge on any atom is -0.232 e. The molecule has 0 bridgehead atoms. The summed E-state index contributed by atoms with van der Waals surface area (Å²) in [5.41, 5.74) is 1.79. The van der Waals surface area contributed by atoms with E-state index in [9.17, 15) is 0 Å². The first kappa shape index (κ1) is 13.5. The van der Waals surface area contributed by atoms with E-state index in [2.05, 4.69) is 46.7 Å². The molecule has 2 nitrogen and oxygen atoms in total. The Morgan fingerprint density at radius 3 is 2.44 bits per heavy atom. The van der Waals surface area contributed by atoms with Crippen molar-refractivity contribution in [3.05, 3.63) is 45.8 Å². The highest BCUT2D eigenvalue weighted by Gasteiger charge is 2.19. The molecule has 0 amide bonds. The minimum absolute atomic E-state index is 0.0862. The number of rotatable bonds is 1. The molecule has 4 heteroatoms. The van der Waals surface area contributed by atoms with E-state index in [0.717, 1.165) is 21.7 Å². The zero-order valence-electron chi connectivity index (χ0n) is 10.5. The van der Waals surface area contributed by atoms with E-state index in [1.165, 1.54) is 0 Å². The quantitative estimate of drug-likeness (QED) is 0.700. The van der Waals surface area contributed by atoms with Gasteiger partial charge in [-0.3, -0.25) is 0 Å². The fourth-order valence-corrected chi connectivity index (χ4v) is 2.12. The molecule has 18 heavy (non-hydrogen) atoms. The van der Waals surface area contributed by atoms with Crippen molar-refractivity contribution in [1.82, 2.24) is 9.97 Å². The molecule has 0 fully saturated rings. The molecule has 0 unspecified atom stereocenters. The Kier molecular flexibility index (Phi) is 3.74. The van der Waals surface area contributed by atoms with E-state index in [1.54, 1.807) is 0 Å². The van der Waals surface area contributed by atoms with Crippen molar-refractivity contribution in [2.24, 2.45) is 0 Å². The lowest BCUT2D eigenvalue weighted by Crippen LogP contribution is -2.16. The van der Waals surface area contributed by atoms with Crippen molar-refractivity contribution in [2.75, 3.05) is 0 Å². The van der Waals surface area contributed by atoms with Crippen LogP contribution in [0.2, 0.25) is 5.02 Å². The Morgan fingerprint density at radius 1 is 1.11 bits per heavy atom. The summed E-state index contributed by atoms with van der Waals surface area (Å²) in [7, 11) is 0. The summed E-state index contributed by atoms with van der Waals surface area (Å²) in [5.74, 6) is 0.812. The molecule has 0 aliphatic rings. The van der Waals surface area contributed by atoms with Crippen molar-refractivity contribution in [3.63, 3.8) is 0 Å².